The zero-order valence-corrected chi connectivity index (χ0v) is 10.8. The topological polar surface area (TPSA) is 99.5 Å². The number of carboxylic acids is 1. The molecule has 1 unspecified atom stereocenters. The molecule has 0 saturated heterocycles. The Kier molecular flexibility index (Phi) is 3.95. The zero-order valence-electron chi connectivity index (χ0n) is 10.8. The van der Waals surface area contributed by atoms with E-state index in [9.17, 15) is 9.59 Å². The van der Waals surface area contributed by atoms with Gasteiger partial charge in [-0.3, -0.25) is 9.78 Å². The summed E-state index contributed by atoms with van der Waals surface area (Å²) in [5.41, 5.74) is 1.66. The fourth-order valence-corrected chi connectivity index (χ4v) is 1.92. The van der Waals surface area contributed by atoms with E-state index in [1.54, 1.807) is 31.2 Å². The molecular formula is C14H14N2O4. The van der Waals surface area contributed by atoms with Crippen molar-refractivity contribution in [2.45, 2.75) is 13.0 Å². The summed E-state index contributed by atoms with van der Waals surface area (Å²) in [6.07, 6.45) is 0. The van der Waals surface area contributed by atoms with Gasteiger partial charge in [-0.25, -0.2) is 4.79 Å². The first-order valence-electron chi connectivity index (χ1n) is 6.04. The van der Waals surface area contributed by atoms with Gasteiger partial charge >= 0.3 is 5.97 Å². The Morgan fingerprint density at radius 3 is 2.70 bits per heavy atom. The Morgan fingerprint density at radius 1 is 1.35 bits per heavy atom. The molecule has 0 aliphatic rings. The first kappa shape index (κ1) is 14.0. The number of benzene rings is 1. The van der Waals surface area contributed by atoms with E-state index in [1.807, 2.05) is 6.07 Å². The summed E-state index contributed by atoms with van der Waals surface area (Å²) in [4.78, 5) is 27.3. The molecule has 0 aliphatic heterocycles. The van der Waals surface area contributed by atoms with E-state index in [1.165, 1.54) is 0 Å². The number of rotatable bonds is 4. The average Bonchev–Trinajstić information content (AvgIpc) is 2.43. The van der Waals surface area contributed by atoms with Crippen LogP contribution in [-0.4, -0.2) is 39.7 Å². The van der Waals surface area contributed by atoms with Gasteiger partial charge in [0, 0.05) is 11.1 Å². The summed E-state index contributed by atoms with van der Waals surface area (Å²) in [5.74, 6) is -1.83. The van der Waals surface area contributed by atoms with E-state index >= 15 is 0 Å². The van der Waals surface area contributed by atoms with Crippen molar-refractivity contribution in [3.05, 3.63) is 41.6 Å². The minimum atomic E-state index is -1.32. The van der Waals surface area contributed by atoms with Crippen LogP contribution in [0.4, 0.5) is 0 Å². The summed E-state index contributed by atoms with van der Waals surface area (Å²) in [6, 6.07) is 7.37. The highest BCUT2D eigenvalue weighted by Crippen LogP contribution is 2.18. The predicted molar refractivity (Wildman–Crippen MR) is 72.5 cm³/mol. The summed E-state index contributed by atoms with van der Waals surface area (Å²) < 4.78 is 0. The highest BCUT2D eigenvalue weighted by molar-refractivity contribution is 6.07. The SMILES string of the molecule is Cc1cc(C(=O)NC(CO)C(=O)O)c2ccccc2n1. The number of hydrogen-bond acceptors (Lipinski definition) is 4. The molecule has 1 atom stereocenters. The molecular weight excluding hydrogens is 260 g/mol. The molecule has 3 N–H and O–H groups in total. The lowest BCUT2D eigenvalue weighted by atomic mass is 10.1. The number of aromatic nitrogens is 1. The number of hydrogen-bond donors (Lipinski definition) is 3. The smallest absolute Gasteiger partial charge is 0.328 e. The number of aliphatic carboxylic acids is 1. The quantitative estimate of drug-likeness (QED) is 0.762. The summed E-state index contributed by atoms with van der Waals surface area (Å²) >= 11 is 0. The van der Waals surface area contributed by atoms with Crippen LogP contribution in [0.3, 0.4) is 0 Å². The van der Waals surface area contributed by atoms with Gasteiger partial charge in [0.25, 0.3) is 5.91 Å². The van der Waals surface area contributed by atoms with Crippen molar-refractivity contribution in [3.63, 3.8) is 0 Å². The molecule has 1 aromatic carbocycles. The number of nitrogens with zero attached hydrogens (tertiary/aromatic N) is 1. The van der Waals surface area contributed by atoms with Crippen molar-refractivity contribution in [2.24, 2.45) is 0 Å². The average molecular weight is 274 g/mol. The molecule has 20 heavy (non-hydrogen) atoms. The largest absolute Gasteiger partial charge is 0.480 e. The highest BCUT2D eigenvalue weighted by atomic mass is 16.4. The zero-order chi connectivity index (χ0) is 14.7. The van der Waals surface area contributed by atoms with E-state index in [2.05, 4.69) is 10.3 Å². The Labute approximate surface area is 115 Å². The number of amides is 1. The van der Waals surface area contributed by atoms with Crippen molar-refractivity contribution in [1.29, 1.82) is 0 Å². The van der Waals surface area contributed by atoms with Crippen molar-refractivity contribution in [3.8, 4) is 0 Å². The van der Waals surface area contributed by atoms with Crippen molar-refractivity contribution >= 4 is 22.8 Å². The van der Waals surface area contributed by atoms with Gasteiger partial charge in [-0.2, -0.15) is 0 Å². The molecule has 6 heteroatoms. The molecule has 1 heterocycles. The predicted octanol–water partition coefficient (Wildman–Crippen LogP) is 0.719. The van der Waals surface area contributed by atoms with E-state index in [0.29, 0.717) is 22.2 Å². The number of para-hydroxylation sites is 1. The Balaban J connectivity index is 2.41. The van der Waals surface area contributed by atoms with Crippen molar-refractivity contribution in [1.82, 2.24) is 10.3 Å². The molecule has 1 aromatic heterocycles. The standard InChI is InChI=1S/C14H14N2O4/c1-8-6-10(9-4-2-3-5-11(9)15-8)13(18)16-12(7-17)14(19)20/h2-6,12,17H,7H2,1H3,(H,16,18)(H,19,20). The molecule has 6 nitrogen and oxygen atoms in total. The first-order valence-corrected chi connectivity index (χ1v) is 6.04. The van der Waals surface area contributed by atoms with Crippen molar-refractivity contribution in [2.75, 3.05) is 6.61 Å². The molecule has 0 fully saturated rings. The first-order chi connectivity index (χ1) is 9.52. The Bertz CT molecular complexity index is 669. The molecule has 2 aromatic rings. The van der Waals surface area contributed by atoms with E-state index in [0.717, 1.165) is 0 Å². The van der Waals surface area contributed by atoms with Gasteiger partial charge in [-0.05, 0) is 19.1 Å². The fraction of sp³-hybridized carbons (Fsp3) is 0.214. The van der Waals surface area contributed by atoms with Crippen LogP contribution in [0.15, 0.2) is 30.3 Å². The van der Waals surface area contributed by atoms with Crippen LogP contribution in [0, 0.1) is 6.92 Å². The number of nitrogens with one attached hydrogen (secondary N) is 1. The van der Waals surface area contributed by atoms with Gasteiger partial charge in [0.05, 0.1) is 17.7 Å². The van der Waals surface area contributed by atoms with Crippen LogP contribution in [0.5, 0.6) is 0 Å². The number of aliphatic hydroxyl groups excluding tert-OH is 1. The van der Waals surface area contributed by atoms with Gasteiger partial charge in [-0.15, -0.1) is 0 Å². The van der Waals surface area contributed by atoms with Crippen LogP contribution >= 0.6 is 0 Å². The summed E-state index contributed by atoms with van der Waals surface area (Å²) in [5, 5.41) is 20.7. The summed E-state index contributed by atoms with van der Waals surface area (Å²) in [6.45, 7) is 1.09. The van der Waals surface area contributed by atoms with Crippen molar-refractivity contribution < 1.29 is 19.8 Å². The normalized spacial score (nSPS) is 12.1. The van der Waals surface area contributed by atoms with Crippen LogP contribution in [0.25, 0.3) is 10.9 Å². The Morgan fingerprint density at radius 2 is 2.05 bits per heavy atom. The van der Waals surface area contributed by atoms with Crippen LogP contribution < -0.4 is 5.32 Å². The second-order valence-corrected chi connectivity index (χ2v) is 4.38. The van der Waals surface area contributed by atoms with E-state index in [4.69, 9.17) is 10.2 Å². The minimum absolute atomic E-state index is 0.341. The number of aliphatic hydroxyl groups is 1. The number of carbonyl (C=O) groups is 2. The lowest BCUT2D eigenvalue weighted by Gasteiger charge is -2.13. The number of aryl methyl sites for hydroxylation is 1. The maximum atomic E-state index is 12.2. The number of fused-ring (bicyclic) bond motifs is 1. The third kappa shape index (κ3) is 2.75. The van der Waals surface area contributed by atoms with Gasteiger partial charge in [-0.1, -0.05) is 18.2 Å². The molecule has 2 rings (SSSR count). The molecule has 1 amide bonds. The molecule has 0 saturated carbocycles. The van der Waals surface area contributed by atoms with Gasteiger partial charge in [0.15, 0.2) is 6.04 Å². The second kappa shape index (κ2) is 5.66. The number of pyridine rings is 1. The van der Waals surface area contributed by atoms with Gasteiger partial charge in [0.2, 0.25) is 0 Å². The Hall–Kier alpha value is -2.47. The van der Waals surface area contributed by atoms with Crippen LogP contribution in [0.2, 0.25) is 0 Å². The van der Waals surface area contributed by atoms with E-state index in [-0.39, 0.29) is 0 Å². The van der Waals surface area contributed by atoms with Crippen LogP contribution in [-0.2, 0) is 4.79 Å². The molecule has 0 spiro atoms. The molecule has 0 aliphatic carbocycles. The second-order valence-electron chi connectivity index (χ2n) is 4.38. The molecule has 0 bridgehead atoms. The lowest BCUT2D eigenvalue weighted by Crippen LogP contribution is -2.43. The minimum Gasteiger partial charge on any atom is -0.480 e. The van der Waals surface area contributed by atoms with Crippen LogP contribution in [0.1, 0.15) is 16.1 Å². The molecule has 0 radical (unpaired) electrons. The fourth-order valence-electron chi connectivity index (χ4n) is 1.92. The maximum absolute atomic E-state index is 12.2. The van der Waals surface area contributed by atoms with E-state index < -0.39 is 24.5 Å². The highest BCUT2D eigenvalue weighted by Gasteiger charge is 2.21. The summed E-state index contributed by atoms with van der Waals surface area (Å²) in [7, 11) is 0. The van der Waals surface area contributed by atoms with Gasteiger partial charge < -0.3 is 15.5 Å². The third-order valence-electron chi connectivity index (χ3n) is 2.87. The number of carboxylic acid groups (broad SMARTS) is 1. The monoisotopic (exact) mass is 274 g/mol. The lowest BCUT2D eigenvalue weighted by molar-refractivity contribution is -0.140. The maximum Gasteiger partial charge on any atom is 0.328 e. The number of carbonyl (C=O) groups excluding carboxylic acids is 1. The molecule has 104 valence electrons. The van der Waals surface area contributed by atoms with Gasteiger partial charge in [0.1, 0.15) is 0 Å². The third-order valence-corrected chi connectivity index (χ3v) is 2.87.